The first-order chi connectivity index (χ1) is 13.6. The van der Waals surface area contributed by atoms with Crippen LogP contribution < -0.4 is 10.3 Å². The second-order valence-corrected chi connectivity index (χ2v) is 7.71. The molecule has 28 heavy (non-hydrogen) atoms. The number of likely N-dealkylation sites (tertiary alicyclic amines) is 1. The summed E-state index contributed by atoms with van der Waals surface area (Å²) in [4.78, 5) is 19.7. The van der Waals surface area contributed by atoms with Crippen LogP contribution in [0.3, 0.4) is 0 Å². The Balaban J connectivity index is 1.64. The van der Waals surface area contributed by atoms with Gasteiger partial charge in [-0.05, 0) is 49.2 Å². The Bertz CT molecular complexity index is 1020. The molecule has 1 aliphatic rings. The van der Waals surface area contributed by atoms with Gasteiger partial charge in [-0.2, -0.15) is 0 Å². The molecule has 146 valence electrons. The van der Waals surface area contributed by atoms with E-state index in [-0.39, 0.29) is 5.56 Å². The van der Waals surface area contributed by atoms with Gasteiger partial charge in [-0.1, -0.05) is 36.6 Å². The van der Waals surface area contributed by atoms with E-state index < -0.39 is 0 Å². The van der Waals surface area contributed by atoms with Crippen LogP contribution in [0.25, 0.3) is 5.65 Å². The average Bonchev–Trinajstić information content (AvgIpc) is 2.94. The molecule has 6 heteroatoms. The van der Waals surface area contributed by atoms with Crippen molar-refractivity contribution < 1.29 is 4.74 Å². The van der Waals surface area contributed by atoms with Crippen LogP contribution in [-0.2, 0) is 6.54 Å². The molecule has 0 bridgehead atoms. The standard InChI is InChI=1S/C22H24ClN3O2/c1-28-19-9-6-16(7-10-19)20-5-3-2-4-12-25(20)15-18-13-22(27)26-14-17(23)8-11-21(26)24-18/h6-11,13-14,20H,2-5,12,15H2,1H3. The number of rotatable bonds is 4. The predicted octanol–water partition coefficient (Wildman–Crippen LogP) is 4.47. The fraction of sp³-hybridized carbons (Fsp3) is 0.364. The summed E-state index contributed by atoms with van der Waals surface area (Å²) in [6.45, 7) is 1.66. The number of benzene rings is 1. The van der Waals surface area contributed by atoms with Crippen molar-refractivity contribution in [3.05, 3.63) is 75.3 Å². The Hall–Kier alpha value is -2.37. The van der Waals surface area contributed by atoms with Gasteiger partial charge in [0.1, 0.15) is 11.4 Å². The van der Waals surface area contributed by atoms with E-state index in [9.17, 15) is 4.79 Å². The Morgan fingerprint density at radius 3 is 2.75 bits per heavy atom. The van der Waals surface area contributed by atoms with Gasteiger partial charge in [0.2, 0.25) is 0 Å². The van der Waals surface area contributed by atoms with E-state index in [0.29, 0.717) is 23.3 Å². The molecule has 4 rings (SSSR count). The number of halogens is 1. The molecule has 1 aliphatic heterocycles. The number of hydrogen-bond acceptors (Lipinski definition) is 4. The second-order valence-electron chi connectivity index (χ2n) is 7.27. The first-order valence-corrected chi connectivity index (χ1v) is 10.1. The van der Waals surface area contributed by atoms with Crippen LogP contribution in [0, 0.1) is 0 Å². The van der Waals surface area contributed by atoms with E-state index in [1.807, 2.05) is 12.1 Å². The Kier molecular flexibility index (Phi) is 5.64. The molecule has 1 saturated heterocycles. The summed E-state index contributed by atoms with van der Waals surface area (Å²) in [7, 11) is 1.68. The summed E-state index contributed by atoms with van der Waals surface area (Å²) < 4.78 is 6.79. The van der Waals surface area contributed by atoms with Crippen molar-refractivity contribution in [2.24, 2.45) is 0 Å². The van der Waals surface area contributed by atoms with Gasteiger partial charge in [0.25, 0.3) is 5.56 Å². The van der Waals surface area contributed by atoms with Crippen LogP contribution in [0.2, 0.25) is 5.02 Å². The number of pyridine rings is 1. The molecule has 0 saturated carbocycles. The lowest BCUT2D eigenvalue weighted by Gasteiger charge is -2.30. The molecular weight excluding hydrogens is 374 g/mol. The average molecular weight is 398 g/mol. The van der Waals surface area contributed by atoms with Crippen LogP contribution in [0.5, 0.6) is 5.75 Å². The normalized spacial score (nSPS) is 18.1. The van der Waals surface area contributed by atoms with Crippen LogP contribution in [0.15, 0.2) is 53.5 Å². The molecule has 0 radical (unpaired) electrons. The van der Waals surface area contributed by atoms with Crippen molar-refractivity contribution >= 4 is 17.2 Å². The van der Waals surface area contributed by atoms with E-state index in [2.05, 4.69) is 17.0 Å². The third kappa shape index (κ3) is 4.05. The minimum absolute atomic E-state index is 0.0988. The van der Waals surface area contributed by atoms with Gasteiger partial charge in [0.05, 0.1) is 17.8 Å². The van der Waals surface area contributed by atoms with E-state index in [1.165, 1.54) is 22.8 Å². The second kappa shape index (κ2) is 8.33. The summed E-state index contributed by atoms with van der Waals surface area (Å²) in [5, 5.41) is 0.524. The summed E-state index contributed by atoms with van der Waals surface area (Å²) >= 11 is 6.01. The summed E-state index contributed by atoms with van der Waals surface area (Å²) in [6, 6.07) is 13.8. The summed E-state index contributed by atoms with van der Waals surface area (Å²) in [5.74, 6) is 0.867. The van der Waals surface area contributed by atoms with Crippen molar-refractivity contribution in [3.8, 4) is 5.75 Å². The molecule has 1 unspecified atom stereocenters. The highest BCUT2D eigenvalue weighted by molar-refractivity contribution is 6.30. The fourth-order valence-electron chi connectivity index (χ4n) is 3.98. The first kappa shape index (κ1) is 19.0. The number of ether oxygens (including phenoxy) is 1. The van der Waals surface area contributed by atoms with Crippen molar-refractivity contribution in [1.29, 1.82) is 0 Å². The Morgan fingerprint density at radius 1 is 1.14 bits per heavy atom. The molecule has 1 atom stereocenters. The number of fused-ring (bicyclic) bond motifs is 1. The van der Waals surface area contributed by atoms with Gasteiger partial charge >= 0.3 is 0 Å². The zero-order chi connectivity index (χ0) is 19.5. The molecule has 0 aliphatic carbocycles. The van der Waals surface area contributed by atoms with Crippen LogP contribution in [0.4, 0.5) is 0 Å². The number of hydrogen-bond donors (Lipinski definition) is 0. The molecule has 1 fully saturated rings. The molecule has 3 heterocycles. The minimum atomic E-state index is -0.0988. The minimum Gasteiger partial charge on any atom is -0.497 e. The van der Waals surface area contributed by atoms with Crippen LogP contribution >= 0.6 is 11.6 Å². The SMILES string of the molecule is COc1ccc(C2CCCCCN2Cc2cc(=O)n3cc(Cl)ccc3n2)cc1. The number of methoxy groups -OCH3 is 1. The van der Waals surface area contributed by atoms with Crippen LogP contribution in [0.1, 0.15) is 43.0 Å². The summed E-state index contributed by atoms with van der Waals surface area (Å²) in [5.41, 5.74) is 2.61. The molecule has 5 nitrogen and oxygen atoms in total. The topological polar surface area (TPSA) is 46.8 Å². The lowest BCUT2D eigenvalue weighted by atomic mass is 10.0. The van der Waals surface area contributed by atoms with Gasteiger partial charge in [-0.15, -0.1) is 0 Å². The molecule has 1 aromatic carbocycles. The quantitative estimate of drug-likeness (QED) is 0.651. The third-order valence-electron chi connectivity index (χ3n) is 5.41. The molecule has 2 aromatic heterocycles. The van der Waals surface area contributed by atoms with Gasteiger partial charge in [-0.3, -0.25) is 14.1 Å². The lowest BCUT2D eigenvalue weighted by Crippen LogP contribution is -2.29. The van der Waals surface area contributed by atoms with E-state index >= 15 is 0 Å². The lowest BCUT2D eigenvalue weighted by molar-refractivity contribution is 0.190. The number of nitrogens with zero attached hydrogens (tertiary/aromatic N) is 3. The third-order valence-corrected chi connectivity index (χ3v) is 5.63. The Morgan fingerprint density at radius 2 is 1.96 bits per heavy atom. The molecular formula is C22H24ClN3O2. The predicted molar refractivity (Wildman–Crippen MR) is 111 cm³/mol. The van der Waals surface area contributed by atoms with Gasteiger partial charge in [-0.25, -0.2) is 4.98 Å². The monoisotopic (exact) mass is 397 g/mol. The number of aromatic nitrogens is 2. The highest BCUT2D eigenvalue weighted by Gasteiger charge is 2.23. The van der Waals surface area contributed by atoms with E-state index in [1.54, 1.807) is 31.5 Å². The maximum absolute atomic E-state index is 12.5. The van der Waals surface area contributed by atoms with Crippen molar-refractivity contribution in [2.45, 2.75) is 38.3 Å². The zero-order valence-corrected chi connectivity index (χ0v) is 16.7. The smallest absolute Gasteiger partial charge is 0.258 e. The van der Waals surface area contributed by atoms with Gasteiger partial charge in [0, 0.05) is 24.8 Å². The maximum atomic E-state index is 12.5. The largest absolute Gasteiger partial charge is 0.497 e. The fourth-order valence-corrected chi connectivity index (χ4v) is 4.14. The molecule has 0 amide bonds. The molecule has 0 spiro atoms. The van der Waals surface area contributed by atoms with Crippen molar-refractivity contribution in [3.63, 3.8) is 0 Å². The van der Waals surface area contributed by atoms with Crippen molar-refractivity contribution in [2.75, 3.05) is 13.7 Å². The van der Waals surface area contributed by atoms with E-state index in [0.717, 1.165) is 30.8 Å². The Labute approximate surface area is 169 Å². The van der Waals surface area contributed by atoms with E-state index in [4.69, 9.17) is 21.3 Å². The van der Waals surface area contributed by atoms with Crippen LogP contribution in [-0.4, -0.2) is 27.9 Å². The highest BCUT2D eigenvalue weighted by atomic mass is 35.5. The first-order valence-electron chi connectivity index (χ1n) is 9.70. The van der Waals surface area contributed by atoms with Gasteiger partial charge < -0.3 is 4.74 Å². The molecule has 0 N–H and O–H groups in total. The van der Waals surface area contributed by atoms with Crippen molar-refractivity contribution in [1.82, 2.24) is 14.3 Å². The molecule has 3 aromatic rings. The zero-order valence-electron chi connectivity index (χ0n) is 16.0. The van der Waals surface area contributed by atoms with Gasteiger partial charge in [0.15, 0.2) is 0 Å². The summed E-state index contributed by atoms with van der Waals surface area (Å²) in [6.07, 6.45) is 6.32. The maximum Gasteiger partial charge on any atom is 0.258 e. The highest BCUT2D eigenvalue weighted by Crippen LogP contribution is 2.32.